The van der Waals surface area contributed by atoms with E-state index in [1.54, 1.807) is 60.4 Å². The van der Waals surface area contributed by atoms with E-state index >= 15 is 0 Å². The highest BCUT2D eigenvalue weighted by Gasteiger charge is 2.18. The van der Waals surface area contributed by atoms with Gasteiger partial charge in [-0.2, -0.15) is 5.10 Å². The molecule has 4 aromatic heterocycles. The molecule has 0 saturated carbocycles. The van der Waals surface area contributed by atoms with Crippen LogP contribution in [0.1, 0.15) is 0 Å². The lowest BCUT2D eigenvalue weighted by Crippen LogP contribution is -2.09. The Balaban J connectivity index is 1.54. The van der Waals surface area contributed by atoms with Gasteiger partial charge in [0.25, 0.3) is 0 Å². The lowest BCUT2D eigenvalue weighted by atomic mass is 10.1. The maximum absolute atomic E-state index is 12.1. The van der Waals surface area contributed by atoms with Gasteiger partial charge in [0.1, 0.15) is 11.6 Å². The summed E-state index contributed by atoms with van der Waals surface area (Å²) in [6, 6.07) is 9.14. The summed E-state index contributed by atoms with van der Waals surface area (Å²) in [5.41, 5.74) is 4.17. The van der Waals surface area contributed by atoms with E-state index in [1.165, 1.54) is 4.57 Å². The van der Waals surface area contributed by atoms with Crippen molar-refractivity contribution in [3.05, 3.63) is 55.1 Å². The first kappa shape index (κ1) is 20.2. The van der Waals surface area contributed by atoms with Crippen LogP contribution in [-0.2, 0) is 14.1 Å². The van der Waals surface area contributed by atoms with Crippen LogP contribution in [0.15, 0.2) is 55.1 Å². The summed E-state index contributed by atoms with van der Waals surface area (Å²) < 4.78 is 10.1. The van der Waals surface area contributed by atoms with Gasteiger partial charge in [-0.15, -0.1) is 5.10 Å². The number of nitrogens with zero attached hydrogens (tertiary/aromatic N) is 7. The first-order valence-electron chi connectivity index (χ1n) is 9.98. The minimum atomic E-state index is -1.09. The Morgan fingerprint density at radius 3 is 2.58 bits per heavy atom. The summed E-state index contributed by atoms with van der Waals surface area (Å²) in [6.45, 7) is 0. The summed E-state index contributed by atoms with van der Waals surface area (Å²) in [6.07, 6.45) is 5.62. The van der Waals surface area contributed by atoms with Crippen LogP contribution < -0.4 is 10.1 Å². The molecule has 33 heavy (non-hydrogen) atoms. The zero-order chi connectivity index (χ0) is 23.1. The Morgan fingerprint density at radius 2 is 1.91 bits per heavy atom. The van der Waals surface area contributed by atoms with Crippen LogP contribution in [0, 0.1) is 0 Å². The van der Waals surface area contributed by atoms with Gasteiger partial charge in [0.05, 0.1) is 42.1 Å². The van der Waals surface area contributed by atoms with E-state index in [-0.39, 0.29) is 0 Å². The molecule has 0 saturated heterocycles. The molecule has 0 spiro atoms. The monoisotopic (exact) mass is 444 g/mol. The van der Waals surface area contributed by atoms with Gasteiger partial charge in [0.15, 0.2) is 0 Å². The number of nitrogens with one attached hydrogen (secondary N) is 1. The van der Waals surface area contributed by atoms with Crippen molar-refractivity contribution in [3.8, 4) is 28.3 Å². The summed E-state index contributed by atoms with van der Waals surface area (Å²) in [5.74, 6) is 1.08. The van der Waals surface area contributed by atoms with Crippen molar-refractivity contribution in [2.45, 2.75) is 0 Å². The number of carbonyl (C=O) groups is 1. The first-order valence-corrected chi connectivity index (χ1v) is 9.98. The van der Waals surface area contributed by atoms with Gasteiger partial charge in [0, 0.05) is 49.1 Å². The number of carboxylic acid groups (broad SMARTS) is 1. The number of aryl methyl sites for hydroxylation is 2. The molecule has 2 N–H and O–H groups in total. The van der Waals surface area contributed by atoms with Crippen LogP contribution >= 0.6 is 0 Å². The lowest BCUT2D eigenvalue weighted by molar-refractivity contribution is 0.198. The van der Waals surface area contributed by atoms with Crippen molar-refractivity contribution in [1.82, 2.24) is 34.3 Å². The number of aromatic nitrogens is 7. The second kappa shape index (κ2) is 7.79. The average molecular weight is 444 g/mol. The van der Waals surface area contributed by atoms with Crippen molar-refractivity contribution >= 4 is 28.5 Å². The van der Waals surface area contributed by atoms with Crippen LogP contribution in [0.2, 0.25) is 0 Å². The molecular weight excluding hydrogens is 424 g/mol. The van der Waals surface area contributed by atoms with Gasteiger partial charge in [0.2, 0.25) is 0 Å². The first-order chi connectivity index (χ1) is 15.9. The molecule has 0 unspecified atom stereocenters. The number of fused-ring (bicyclic) bond motifs is 1. The lowest BCUT2D eigenvalue weighted by Gasteiger charge is -2.13. The van der Waals surface area contributed by atoms with E-state index in [0.717, 1.165) is 11.3 Å². The number of benzene rings is 1. The van der Waals surface area contributed by atoms with Gasteiger partial charge in [-0.1, -0.05) is 11.3 Å². The van der Waals surface area contributed by atoms with Gasteiger partial charge < -0.3 is 15.2 Å². The third-order valence-corrected chi connectivity index (χ3v) is 5.35. The summed E-state index contributed by atoms with van der Waals surface area (Å²) in [5, 5.41) is 25.8. The fourth-order valence-corrected chi connectivity index (χ4v) is 3.79. The molecule has 0 radical (unpaired) electrons. The number of hydrogen-bond acceptors (Lipinski definition) is 7. The summed E-state index contributed by atoms with van der Waals surface area (Å²) in [7, 11) is 5.18. The topological polar surface area (TPSA) is 125 Å². The fourth-order valence-electron chi connectivity index (χ4n) is 3.79. The molecule has 0 atom stereocenters. The van der Waals surface area contributed by atoms with E-state index < -0.39 is 6.09 Å². The van der Waals surface area contributed by atoms with Gasteiger partial charge in [-0.05, 0) is 18.2 Å². The van der Waals surface area contributed by atoms with Crippen LogP contribution in [0.5, 0.6) is 5.75 Å². The zero-order valence-corrected chi connectivity index (χ0v) is 18.1. The number of anilines is 2. The highest BCUT2D eigenvalue weighted by atomic mass is 16.5. The number of rotatable bonds is 5. The second-order valence-electron chi connectivity index (χ2n) is 7.46. The minimum Gasteiger partial charge on any atom is -0.495 e. The molecule has 5 rings (SSSR count). The molecule has 4 heterocycles. The fraction of sp³-hybridized carbons (Fsp3) is 0.136. The van der Waals surface area contributed by atoms with Gasteiger partial charge in [-0.25, -0.2) is 19.0 Å². The Morgan fingerprint density at radius 1 is 1.06 bits per heavy atom. The number of ether oxygens (including phenoxy) is 1. The predicted molar refractivity (Wildman–Crippen MR) is 122 cm³/mol. The molecule has 0 aliphatic heterocycles. The molecular formula is C22H20N8O3. The quantitative estimate of drug-likeness (QED) is 0.422. The van der Waals surface area contributed by atoms with Crippen LogP contribution in [0.4, 0.5) is 16.3 Å². The maximum Gasteiger partial charge on any atom is 0.416 e. The Labute approximate surface area is 187 Å². The predicted octanol–water partition coefficient (Wildman–Crippen LogP) is 3.51. The number of methoxy groups -OCH3 is 1. The Kier molecular flexibility index (Phi) is 4.78. The molecule has 11 heteroatoms. The van der Waals surface area contributed by atoms with E-state index in [1.807, 2.05) is 25.2 Å². The normalized spacial score (nSPS) is 11.1. The van der Waals surface area contributed by atoms with E-state index in [4.69, 9.17) is 4.74 Å². The third kappa shape index (κ3) is 3.55. The molecule has 5 aromatic rings. The highest BCUT2D eigenvalue weighted by molar-refractivity contribution is 5.96. The number of hydrogen-bond donors (Lipinski definition) is 2. The van der Waals surface area contributed by atoms with E-state index in [0.29, 0.717) is 39.4 Å². The molecule has 166 valence electrons. The standard InChI is InChI=1S/C22H20N8O3/c1-28-12-15(10-25-28)17-6-14-9-23-21(8-18(14)30(17)22(31)32)26-16-5-4-13(7-20(16)33-3)19-11-24-27-29(19)2/h4-12H,1-3H3,(H,23,26)(H,31,32). The molecule has 0 bridgehead atoms. The van der Waals surface area contributed by atoms with Crippen molar-refractivity contribution in [1.29, 1.82) is 0 Å². The van der Waals surface area contributed by atoms with Crippen LogP contribution in [0.25, 0.3) is 33.4 Å². The van der Waals surface area contributed by atoms with Crippen molar-refractivity contribution < 1.29 is 14.6 Å². The van der Waals surface area contributed by atoms with E-state index in [9.17, 15) is 9.90 Å². The second-order valence-corrected chi connectivity index (χ2v) is 7.46. The largest absolute Gasteiger partial charge is 0.495 e. The van der Waals surface area contributed by atoms with Gasteiger partial charge in [-0.3, -0.25) is 4.68 Å². The summed E-state index contributed by atoms with van der Waals surface area (Å²) >= 11 is 0. The van der Waals surface area contributed by atoms with E-state index in [2.05, 4.69) is 25.7 Å². The zero-order valence-electron chi connectivity index (χ0n) is 18.1. The highest BCUT2D eigenvalue weighted by Crippen LogP contribution is 2.34. The molecule has 0 aliphatic rings. The molecule has 0 aliphatic carbocycles. The molecule has 11 nitrogen and oxygen atoms in total. The Bertz CT molecular complexity index is 1500. The Hall–Kier alpha value is -4.67. The molecule has 0 fully saturated rings. The van der Waals surface area contributed by atoms with Crippen molar-refractivity contribution in [2.24, 2.45) is 14.1 Å². The van der Waals surface area contributed by atoms with Crippen molar-refractivity contribution in [2.75, 3.05) is 12.4 Å². The smallest absolute Gasteiger partial charge is 0.416 e. The summed E-state index contributed by atoms with van der Waals surface area (Å²) in [4.78, 5) is 16.5. The minimum absolute atomic E-state index is 0.481. The number of pyridine rings is 1. The average Bonchev–Trinajstić information content (AvgIpc) is 3.51. The maximum atomic E-state index is 12.1. The third-order valence-electron chi connectivity index (χ3n) is 5.35. The van der Waals surface area contributed by atoms with Crippen LogP contribution in [-0.4, -0.2) is 52.6 Å². The molecule has 1 aromatic carbocycles. The van der Waals surface area contributed by atoms with Crippen LogP contribution in [0.3, 0.4) is 0 Å². The SMILES string of the molecule is COc1cc(-c2cnnn2C)ccc1Nc1cc2c(cn1)cc(-c1cnn(C)c1)n2C(=O)O. The van der Waals surface area contributed by atoms with Crippen molar-refractivity contribution in [3.63, 3.8) is 0 Å². The molecule has 0 amide bonds. The van der Waals surface area contributed by atoms with Gasteiger partial charge >= 0.3 is 6.09 Å².